The second-order valence-corrected chi connectivity index (χ2v) is 7.53. The van der Waals surface area contributed by atoms with Crippen LogP contribution in [0.5, 0.6) is 17.2 Å². The smallest absolute Gasteiger partial charge is 0.341 e. The monoisotopic (exact) mass is 487 g/mol. The Labute approximate surface area is 201 Å². The summed E-state index contributed by atoms with van der Waals surface area (Å²) in [6.45, 7) is 3.82. The SMILES string of the molecule is CCc1cc2c(=O)c(-c3ccc4c(c3)OCCO4)coc2cc1OCC(=O)O.OCCNCCO. The number of carboxylic acid groups (broad SMARTS) is 1. The number of hydrogen-bond donors (Lipinski definition) is 4. The number of aliphatic carboxylic acids is 1. The van der Waals surface area contributed by atoms with Gasteiger partial charge >= 0.3 is 5.97 Å². The van der Waals surface area contributed by atoms with Crippen LogP contribution in [0.4, 0.5) is 0 Å². The van der Waals surface area contributed by atoms with Crippen LogP contribution in [0.2, 0.25) is 0 Å². The van der Waals surface area contributed by atoms with E-state index in [2.05, 4.69) is 5.32 Å². The maximum Gasteiger partial charge on any atom is 0.341 e. The van der Waals surface area contributed by atoms with Crippen molar-refractivity contribution in [3.63, 3.8) is 0 Å². The Bertz CT molecular complexity index is 1200. The lowest BCUT2D eigenvalue weighted by Gasteiger charge is -2.18. The molecule has 0 unspecified atom stereocenters. The minimum atomic E-state index is -1.07. The molecular formula is C25H29NO9. The lowest BCUT2D eigenvalue weighted by molar-refractivity contribution is -0.139. The van der Waals surface area contributed by atoms with Crippen LogP contribution < -0.4 is 25.0 Å². The van der Waals surface area contributed by atoms with E-state index in [1.807, 2.05) is 6.92 Å². The van der Waals surface area contributed by atoms with E-state index in [1.54, 1.807) is 30.3 Å². The molecule has 10 nitrogen and oxygen atoms in total. The summed E-state index contributed by atoms with van der Waals surface area (Å²) in [4.78, 5) is 23.9. The standard InChI is InChI=1S/C21H18O7.C4H11NO2/c1-2-12-7-14-18(9-17(12)28-11-20(22)23)27-10-15(21(14)24)13-3-4-16-19(8-13)26-6-5-25-16;6-3-1-5-2-4-7/h3-4,7-10H,2,5-6,11H2,1H3,(H,22,23);5-7H,1-4H2. The number of hydrogen-bond acceptors (Lipinski definition) is 9. The summed E-state index contributed by atoms with van der Waals surface area (Å²) in [5, 5.41) is 28.3. The minimum absolute atomic E-state index is 0.139. The molecule has 1 aliphatic heterocycles. The fraction of sp³-hybridized carbons (Fsp3) is 0.360. The molecule has 0 radical (unpaired) electrons. The average molecular weight is 488 g/mol. The van der Waals surface area contributed by atoms with Crippen molar-refractivity contribution < 1.29 is 38.7 Å². The Balaban J connectivity index is 0.000000429. The zero-order valence-corrected chi connectivity index (χ0v) is 19.4. The fourth-order valence-corrected chi connectivity index (χ4v) is 3.45. The van der Waals surface area contributed by atoms with E-state index in [1.165, 1.54) is 6.26 Å². The zero-order chi connectivity index (χ0) is 25.2. The first kappa shape index (κ1) is 26.0. The molecule has 4 rings (SSSR count). The van der Waals surface area contributed by atoms with Gasteiger partial charge in [-0.05, 0) is 35.7 Å². The minimum Gasteiger partial charge on any atom is -0.486 e. The van der Waals surface area contributed by atoms with Crippen molar-refractivity contribution in [1.82, 2.24) is 5.32 Å². The molecule has 2 heterocycles. The summed E-state index contributed by atoms with van der Waals surface area (Å²) in [5.41, 5.74) is 1.97. The summed E-state index contributed by atoms with van der Waals surface area (Å²) in [6.07, 6.45) is 1.97. The number of aryl methyl sites for hydroxylation is 1. The van der Waals surface area contributed by atoms with Crippen molar-refractivity contribution in [3.05, 3.63) is 52.4 Å². The number of fused-ring (bicyclic) bond motifs is 2. The highest BCUT2D eigenvalue weighted by molar-refractivity contribution is 5.84. The summed E-state index contributed by atoms with van der Waals surface area (Å²) in [5.74, 6) is 0.564. The molecule has 0 saturated carbocycles. The second-order valence-electron chi connectivity index (χ2n) is 7.53. The molecule has 1 aliphatic rings. The molecule has 0 fully saturated rings. The molecule has 0 atom stereocenters. The molecule has 2 aromatic carbocycles. The van der Waals surface area contributed by atoms with Crippen molar-refractivity contribution in [3.8, 4) is 28.4 Å². The molecular weight excluding hydrogens is 458 g/mol. The van der Waals surface area contributed by atoms with Crippen LogP contribution in [0.25, 0.3) is 22.1 Å². The predicted molar refractivity (Wildman–Crippen MR) is 128 cm³/mol. The zero-order valence-electron chi connectivity index (χ0n) is 19.4. The molecule has 1 aromatic heterocycles. The maximum absolute atomic E-state index is 13.1. The third-order valence-corrected chi connectivity index (χ3v) is 5.12. The Morgan fingerprint density at radius 3 is 2.43 bits per heavy atom. The van der Waals surface area contributed by atoms with Crippen LogP contribution in [0, 0.1) is 0 Å². The average Bonchev–Trinajstić information content (AvgIpc) is 2.87. The first-order chi connectivity index (χ1) is 17.0. The van der Waals surface area contributed by atoms with Crippen LogP contribution in [-0.2, 0) is 11.2 Å². The Hall–Kier alpha value is -3.60. The molecule has 0 aliphatic carbocycles. The van der Waals surface area contributed by atoms with Crippen molar-refractivity contribution in [2.75, 3.05) is 46.1 Å². The van der Waals surface area contributed by atoms with Crippen molar-refractivity contribution in [2.45, 2.75) is 13.3 Å². The number of ether oxygens (including phenoxy) is 3. The molecule has 0 bridgehead atoms. The third-order valence-electron chi connectivity index (χ3n) is 5.12. The summed E-state index contributed by atoms with van der Waals surface area (Å²) < 4.78 is 22.1. The summed E-state index contributed by atoms with van der Waals surface area (Å²) >= 11 is 0. The Morgan fingerprint density at radius 1 is 1.06 bits per heavy atom. The van der Waals surface area contributed by atoms with Gasteiger partial charge in [-0.25, -0.2) is 4.79 Å². The first-order valence-corrected chi connectivity index (χ1v) is 11.2. The lowest BCUT2D eigenvalue weighted by Crippen LogP contribution is -2.21. The molecule has 10 heteroatoms. The molecule has 0 spiro atoms. The van der Waals surface area contributed by atoms with E-state index >= 15 is 0 Å². The molecule has 0 amide bonds. The molecule has 4 N–H and O–H groups in total. The van der Waals surface area contributed by atoms with Gasteiger partial charge in [0.2, 0.25) is 5.43 Å². The van der Waals surface area contributed by atoms with Gasteiger partial charge in [0.25, 0.3) is 0 Å². The van der Waals surface area contributed by atoms with Gasteiger partial charge in [-0.15, -0.1) is 0 Å². The van der Waals surface area contributed by atoms with Crippen molar-refractivity contribution in [2.24, 2.45) is 0 Å². The van der Waals surface area contributed by atoms with Crippen molar-refractivity contribution >= 4 is 16.9 Å². The van der Waals surface area contributed by atoms with Gasteiger partial charge in [-0.2, -0.15) is 0 Å². The highest BCUT2D eigenvalue weighted by Gasteiger charge is 2.17. The van der Waals surface area contributed by atoms with Gasteiger partial charge in [0.15, 0.2) is 18.1 Å². The molecule has 3 aromatic rings. The van der Waals surface area contributed by atoms with E-state index < -0.39 is 12.6 Å². The topological polar surface area (TPSA) is 148 Å². The highest BCUT2D eigenvalue weighted by Crippen LogP contribution is 2.34. The highest BCUT2D eigenvalue weighted by atomic mass is 16.6. The molecule has 0 saturated heterocycles. The first-order valence-electron chi connectivity index (χ1n) is 11.2. The summed E-state index contributed by atoms with van der Waals surface area (Å²) in [6, 6.07) is 8.58. The number of carboxylic acids is 1. The molecule has 35 heavy (non-hydrogen) atoms. The Kier molecular flexibility index (Phi) is 9.47. The Morgan fingerprint density at radius 2 is 1.77 bits per heavy atom. The van der Waals surface area contributed by atoms with Gasteiger partial charge in [-0.3, -0.25) is 4.79 Å². The van der Waals surface area contributed by atoms with Gasteiger partial charge in [0.1, 0.15) is 30.8 Å². The number of benzene rings is 2. The number of aliphatic hydroxyl groups excluding tert-OH is 2. The number of aliphatic hydroxyl groups is 2. The van der Waals surface area contributed by atoms with Gasteiger partial charge < -0.3 is 39.3 Å². The predicted octanol–water partition coefficient (Wildman–Crippen LogP) is 1.82. The quantitative estimate of drug-likeness (QED) is 0.329. The van der Waals surface area contributed by atoms with Crippen molar-refractivity contribution in [1.29, 1.82) is 0 Å². The number of rotatable bonds is 9. The van der Waals surface area contributed by atoms with Crippen LogP contribution in [0.3, 0.4) is 0 Å². The van der Waals surface area contributed by atoms with E-state index in [0.717, 1.165) is 5.56 Å². The van der Waals surface area contributed by atoms with E-state index in [9.17, 15) is 9.59 Å². The van der Waals surface area contributed by atoms with Crippen LogP contribution in [0.15, 0.2) is 45.8 Å². The fourth-order valence-electron chi connectivity index (χ4n) is 3.45. The van der Waals surface area contributed by atoms with Gasteiger partial charge in [-0.1, -0.05) is 13.0 Å². The van der Waals surface area contributed by atoms with Crippen LogP contribution >= 0.6 is 0 Å². The second kappa shape index (κ2) is 12.7. The normalized spacial score (nSPS) is 12.1. The molecule has 188 valence electrons. The van der Waals surface area contributed by atoms with Crippen LogP contribution in [-0.4, -0.2) is 67.4 Å². The maximum atomic E-state index is 13.1. The largest absolute Gasteiger partial charge is 0.486 e. The number of nitrogens with one attached hydrogen (secondary N) is 1. The lowest BCUT2D eigenvalue weighted by atomic mass is 10.0. The van der Waals surface area contributed by atoms with E-state index in [0.29, 0.717) is 72.1 Å². The van der Waals surface area contributed by atoms with Gasteiger partial charge in [0.05, 0.1) is 24.2 Å². The van der Waals surface area contributed by atoms with Crippen LogP contribution in [0.1, 0.15) is 12.5 Å². The van der Waals surface area contributed by atoms with E-state index in [-0.39, 0.29) is 18.6 Å². The van der Waals surface area contributed by atoms with E-state index in [4.69, 9.17) is 33.9 Å². The van der Waals surface area contributed by atoms with Gasteiger partial charge in [0, 0.05) is 19.2 Å². The summed E-state index contributed by atoms with van der Waals surface area (Å²) in [7, 11) is 0. The number of carbonyl (C=O) groups is 1. The third kappa shape index (κ3) is 6.72.